The number of hydrogen-bond donors (Lipinski definition) is 2. The maximum Gasteiger partial charge on any atom is 0.351 e. The van der Waals surface area contributed by atoms with Gasteiger partial charge in [-0.15, -0.1) is 11.3 Å². The summed E-state index contributed by atoms with van der Waals surface area (Å²) >= 11 is 4.41. The van der Waals surface area contributed by atoms with Gasteiger partial charge in [0.15, 0.2) is 28.7 Å². The van der Waals surface area contributed by atoms with E-state index in [1.807, 2.05) is 0 Å². The molecule has 2 rings (SSSR count). The molecule has 0 saturated carbocycles. The Morgan fingerprint density at radius 3 is 2.56 bits per heavy atom. The fraction of sp³-hybridized carbons (Fsp3) is 0.250. The van der Waals surface area contributed by atoms with Crippen LogP contribution in [0, 0.1) is 0 Å². The molecule has 0 aliphatic rings. The molecule has 1 aromatic heterocycles. The van der Waals surface area contributed by atoms with Crippen molar-refractivity contribution in [2.45, 2.75) is 6.92 Å². The first kappa shape index (κ1) is 19.1. The van der Waals surface area contributed by atoms with Gasteiger partial charge in [-0.25, -0.2) is 9.59 Å². The third-order valence-electron chi connectivity index (χ3n) is 3.06. The minimum atomic E-state index is -0.626. The molecule has 0 aliphatic heterocycles. The van der Waals surface area contributed by atoms with Gasteiger partial charge >= 0.3 is 11.9 Å². The Kier molecular flexibility index (Phi) is 6.27. The first-order chi connectivity index (χ1) is 11.9. The van der Waals surface area contributed by atoms with Crippen LogP contribution in [0.1, 0.15) is 16.6 Å². The number of rotatable bonds is 6. The van der Waals surface area contributed by atoms with Crippen molar-refractivity contribution in [1.82, 2.24) is 0 Å². The molecule has 0 atom stereocenters. The van der Waals surface area contributed by atoms with Gasteiger partial charge in [-0.3, -0.25) is 0 Å². The molecule has 1 aromatic carbocycles. The summed E-state index contributed by atoms with van der Waals surface area (Å²) in [6.45, 7) is 1.52. The van der Waals surface area contributed by atoms with E-state index in [1.54, 1.807) is 13.0 Å². The molecular formula is C16H15BrO7S. The predicted molar refractivity (Wildman–Crippen MR) is 94.3 cm³/mol. The number of carbonyl (C=O) groups is 2. The summed E-state index contributed by atoms with van der Waals surface area (Å²) in [5.41, 5.74) is 0.545. The second-order valence-corrected chi connectivity index (χ2v) is 6.51. The van der Waals surface area contributed by atoms with Gasteiger partial charge in [-0.05, 0) is 46.6 Å². The molecule has 2 aromatic rings. The van der Waals surface area contributed by atoms with Crippen LogP contribution in [0.25, 0.3) is 10.4 Å². The number of methoxy groups -OCH3 is 1. The molecular weight excluding hydrogens is 416 g/mol. The smallest absolute Gasteiger partial charge is 0.351 e. The summed E-state index contributed by atoms with van der Waals surface area (Å²) in [5.74, 6) is -1.61. The van der Waals surface area contributed by atoms with Crippen molar-refractivity contribution in [3.05, 3.63) is 27.5 Å². The SMILES string of the molecule is CCOC(=O)COc1c(C(=O)OC)sc(-c2ccc(O)c(O)c2)c1Br. The molecule has 0 amide bonds. The van der Waals surface area contributed by atoms with E-state index in [9.17, 15) is 19.8 Å². The van der Waals surface area contributed by atoms with Crippen LogP contribution in [-0.4, -0.2) is 42.5 Å². The second kappa shape index (κ2) is 8.21. The van der Waals surface area contributed by atoms with Crippen LogP contribution in [0.3, 0.4) is 0 Å². The zero-order valence-electron chi connectivity index (χ0n) is 13.4. The Morgan fingerprint density at radius 2 is 1.96 bits per heavy atom. The molecule has 0 fully saturated rings. The fourth-order valence-corrected chi connectivity index (χ4v) is 3.90. The van der Waals surface area contributed by atoms with E-state index in [2.05, 4.69) is 15.9 Å². The number of halogens is 1. The summed E-state index contributed by atoms with van der Waals surface area (Å²) in [4.78, 5) is 24.2. The van der Waals surface area contributed by atoms with Crippen LogP contribution in [-0.2, 0) is 14.3 Å². The Labute approximate surface area is 155 Å². The minimum Gasteiger partial charge on any atom is -0.504 e. The molecule has 0 radical (unpaired) electrons. The maximum absolute atomic E-state index is 12.0. The number of aromatic hydroxyl groups is 2. The lowest BCUT2D eigenvalue weighted by Crippen LogP contribution is -2.15. The average Bonchev–Trinajstić information content (AvgIpc) is 2.92. The van der Waals surface area contributed by atoms with Crippen LogP contribution >= 0.6 is 27.3 Å². The number of hydrogen-bond acceptors (Lipinski definition) is 8. The van der Waals surface area contributed by atoms with Crippen molar-refractivity contribution in [3.8, 4) is 27.7 Å². The third kappa shape index (κ3) is 4.23. The number of ether oxygens (including phenoxy) is 3. The molecule has 25 heavy (non-hydrogen) atoms. The molecule has 2 N–H and O–H groups in total. The van der Waals surface area contributed by atoms with Crippen LogP contribution < -0.4 is 4.74 Å². The van der Waals surface area contributed by atoms with Gasteiger partial charge in [0.05, 0.1) is 23.1 Å². The minimum absolute atomic E-state index is 0.146. The zero-order valence-corrected chi connectivity index (χ0v) is 15.8. The lowest BCUT2D eigenvalue weighted by atomic mass is 10.1. The van der Waals surface area contributed by atoms with Gasteiger partial charge in [0.2, 0.25) is 0 Å². The van der Waals surface area contributed by atoms with E-state index in [-0.39, 0.29) is 35.3 Å². The lowest BCUT2D eigenvalue weighted by Gasteiger charge is -2.07. The van der Waals surface area contributed by atoms with E-state index in [0.29, 0.717) is 14.9 Å². The van der Waals surface area contributed by atoms with Crippen molar-refractivity contribution in [2.75, 3.05) is 20.3 Å². The standard InChI is InChI=1S/C16H15BrO7S/c1-3-23-11(20)7-24-13-12(17)14(25-15(13)16(21)22-2)8-4-5-9(18)10(19)6-8/h4-6,18-19H,3,7H2,1-2H3. The lowest BCUT2D eigenvalue weighted by molar-refractivity contribution is -0.145. The molecule has 0 aliphatic carbocycles. The monoisotopic (exact) mass is 430 g/mol. The Morgan fingerprint density at radius 1 is 1.24 bits per heavy atom. The molecule has 7 nitrogen and oxygen atoms in total. The van der Waals surface area contributed by atoms with Crippen molar-refractivity contribution in [2.24, 2.45) is 0 Å². The van der Waals surface area contributed by atoms with E-state index in [0.717, 1.165) is 11.3 Å². The Balaban J connectivity index is 2.43. The summed E-state index contributed by atoms with van der Waals surface area (Å²) in [6.07, 6.45) is 0. The third-order valence-corrected chi connectivity index (χ3v) is 5.28. The second-order valence-electron chi connectivity index (χ2n) is 4.69. The largest absolute Gasteiger partial charge is 0.504 e. The quantitative estimate of drug-likeness (QED) is 0.535. The normalized spacial score (nSPS) is 10.4. The highest BCUT2D eigenvalue weighted by molar-refractivity contribution is 9.10. The van der Waals surface area contributed by atoms with Gasteiger partial charge in [-0.1, -0.05) is 0 Å². The average molecular weight is 431 g/mol. The number of thiophene rings is 1. The first-order valence-corrected chi connectivity index (χ1v) is 8.71. The van der Waals surface area contributed by atoms with Crippen molar-refractivity contribution >= 4 is 39.2 Å². The van der Waals surface area contributed by atoms with Gasteiger partial charge in [-0.2, -0.15) is 0 Å². The highest BCUT2D eigenvalue weighted by atomic mass is 79.9. The maximum atomic E-state index is 12.0. The van der Waals surface area contributed by atoms with Gasteiger partial charge in [0.25, 0.3) is 0 Å². The van der Waals surface area contributed by atoms with Crippen molar-refractivity contribution < 1.29 is 34.0 Å². The van der Waals surface area contributed by atoms with Crippen LogP contribution in [0.4, 0.5) is 0 Å². The van der Waals surface area contributed by atoms with E-state index in [1.165, 1.54) is 19.2 Å². The van der Waals surface area contributed by atoms with Crippen LogP contribution in [0.2, 0.25) is 0 Å². The molecule has 134 valence electrons. The summed E-state index contributed by atoms with van der Waals surface area (Å²) < 4.78 is 15.4. The molecule has 0 unspecified atom stereocenters. The number of carbonyl (C=O) groups excluding carboxylic acids is 2. The molecule has 0 saturated heterocycles. The zero-order chi connectivity index (χ0) is 18.6. The number of phenols is 2. The van der Waals surface area contributed by atoms with Gasteiger partial charge in [0, 0.05) is 0 Å². The number of benzene rings is 1. The van der Waals surface area contributed by atoms with E-state index in [4.69, 9.17) is 14.2 Å². The molecule has 0 spiro atoms. The summed E-state index contributed by atoms with van der Waals surface area (Å²) in [5, 5.41) is 19.1. The van der Waals surface area contributed by atoms with Crippen LogP contribution in [0.5, 0.6) is 17.2 Å². The summed E-state index contributed by atoms with van der Waals surface area (Å²) in [7, 11) is 1.23. The predicted octanol–water partition coefficient (Wildman–Crippen LogP) is 3.32. The summed E-state index contributed by atoms with van der Waals surface area (Å²) in [6, 6.07) is 4.25. The number of esters is 2. The van der Waals surface area contributed by atoms with Gasteiger partial charge in [0.1, 0.15) is 0 Å². The Hall–Kier alpha value is -2.26. The van der Waals surface area contributed by atoms with E-state index >= 15 is 0 Å². The molecule has 9 heteroatoms. The highest BCUT2D eigenvalue weighted by Gasteiger charge is 2.25. The Bertz CT molecular complexity index is 800. The van der Waals surface area contributed by atoms with E-state index < -0.39 is 11.9 Å². The topological polar surface area (TPSA) is 102 Å². The fourth-order valence-electron chi connectivity index (χ4n) is 1.94. The number of phenolic OH excluding ortho intramolecular Hbond substituents is 2. The highest BCUT2D eigenvalue weighted by Crippen LogP contribution is 2.47. The van der Waals surface area contributed by atoms with Crippen molar-refractivity contribution in [3.63, 3.8) is 0 Å². The van der Waals surface area contributed by atoms with Crippen molar-refractivity contribution in [1.29, 1.82) is 0 Å². The van der Waals surface area contributed by atoms with Crippen LogP contribution in [0.15, 0.2) is 22.7 Å². The van der Waals surface area contributed by atoms with Gasteiger partial charge < -0.3 is 24.4 Å². The molecule has 1 heterocycles. The molecule has 0 bridgehead atoms. The first-order valence-electron chi connectivity index (χ1n) is 7.10.